The van der Waals surface area contributed by atoms with Crippen LogP contribution in [0.5, 0.6) is 0 Å². The number of fused-ring (bicyclic) bond motifs is 1. The summed E-state index contributed by atoms with van der Waals surface area (Å²) in [7, 11) is 0. The van der Waals surface area contributed by atoms with Gasteiger partial charge < -0.3 is 8.98 Å². The zero-order valence-corrected chi connectivity index (χ0v) is 15.0. The Labute approximate surface area is 143 Å². The molecule has 0 aromatic carbocycles. The van der Waals surface area contributed by atoms with Gasteiger partial charge in [0.2, 0.25) is 5.89 Å². The van der Waals surface area contributed by atoms with Crippen LogP contribution in [0.15, 0.2) is 10.6 Å². The van der Waals surface area contributed by atoms with Gasteiger partial charge in [-0.25, -0.2) is 4.98 Å². The summed E-state index contributed by atoms with van der Waals surface area (Å²) in [6.45, 7) is 10.5. The van der Waals surface area contributed by atoms with Crippen molar-refractivity contribution in [1.82, 2.24) is 24.6 Å². The second kappa shape index (κ2) is 5.99. The number of rotatable bonds is 3. The lowest BCUT2D eigenvalue weighted by Crippen LogP contribution is -2.33. The molecule has 1 fully saturated rings. The maximum Gasteiger partial charge on any atom is 0.208 e. The van der Waals surface area contributed by atoms with E-state index < -0.39 is 0 Å². The number of oxazole rings is 1. The second-order valence-corrected chi connectivity index (χ2v) is 8.15. The Morgan fingerprint density at radius 2 is 1.96 bits per heavy atom. The van der Waals surface area contributed by atoms with Gasteiger partial charge >= 0.3 is 0 Å². The van der Waals surface area contributed by atoms with Crippen LogP contribution in [0.25, 0.3) is 0 Å². The molecule has 0 unspecified atom stereocenters. The Kier molecular flexibility index (Phi) is 3.95. The molecule has 0 bridgehead atoms. The first-order valence-corrected chi connectivity index (χ1v) is 9.10. The summed E-state index contributed by atoms with van der Waals surface area (Å²) in [4.78, 5) is 6.90. The van der Waals surface area contributed by atoms with E-state index in [0.717, 1.165) is 57.1 Å². The van der Waals surface area contributed by atoms with Crippen LogP contribution in [0.1, 0.15) is 69.3 Å². The van der Waals surface area contributed by atoms with Crippen molar-refractivity contribution in [2.24, 2.45) is 0 Å². The van der Waals surface area contributed by atoms with E-state index in [1.54, 1.807) is 0 Å². The van der Waals surface area contributed by atoms with Gasteiger partial charge in [-0.2, -0.15) is 0 Å². The van der Waals surface area contributed by atoms with Crippen molar-refractivity contribution in [2.75, 3.05) is 13.1 Å². The molecular formula is C18H27N5O. The Morgan fingerprint density at radius 1 is 1.17 bits per heavy atom. The summed E-state index contributed by atoms with van der Waals surface area (Å²) < 4.78 is 8.28. The average molecular weight is 329 g/mol. The minimum Gasteiger partial charge on any atom is -0.444 e. The van der Waals surface area contributed by atoms with E-state index in [4.69, 9.17) is 4.42 Å². The van der Waals surface area contributed by atoms with Crippen LogP contribution < -0.4 is 0 Å². The Bertz CT molecular complexity index is 703. The zero-order chi connectivity index (χ0) is 16.7. The summed E-state index contributed by atoms with van der Waals surface area (Å²) in [6, 6.07) is 0. The van der Waals surface area contributed by atoms with Crippen molar-refractivity contribution in [2.45, 2.75) is 70.9 Å². The van der Waals surface area contributed by atoms with Crippen LogP contribution in [0.2, 0.25) is 0 Å². The predicted octanol–water partition coefficient (Wildman–Crippen LogP) is 2.89. The molecule has 2 aliphatic rings. The van der Waals surface area contributed by atoms with Gasteiger partial charge in [-0.15, -0.1) is 10.2 Å². The monoisotopic (exact) mass is 329 g/mol. The van der Waals surface area contributed by atoms with Gasteiger partial charge in [0.15, 0.2) is 0 Å². The highest BCUT2D eigenvalue weighted by atomic mass is 16.4. The Balaban J connectivity index is 1.35. The first kappa shape index (κ1) is 15.8. The number of piperidine rings is 1. The fraction of sp³-hybridized carbons (Fsp3) is 0.722. The molecule has 0 amide bonds. The van der Waals surface area contributed by atoms with Crippen molar-refractivity contribution in [1.29, 1.82) is 0 Å². The molecule has 6 nitrogen and oxygen atoms in total. The van der Waals surface area contributed by atoms with E-state index in [0.29, 0.717) is 5.92 Å². The van der Waals surface area contributed by atoms with E-state index in [-0.39, 0.29) is 5.41 Å². The first-order chi connectivity index (χ1) is 11.5. The molecule has 2 aliphatic heterocycles. The van der Waals surface area contributed by atoms with Crippen LogP contribution in [0, 0.1) is 0 Å². The third kappa shape index (κ3) is 2.99. The van der Waals surface area contributed by atoms with E-state index in [1.165, 1.54) is 18.1 Å². The van der Waals surface area contributed by atoms with Crippen molar-refractivity contribution in [3.63, 3.8) is 0 Å². The van der Waals surface area contributed by atoms with Crippen LogP contribution in [-0.2, 0) is 24.9 Å². The van der Waals surface area contributed by atoms with Crippen LogP contribution in [0.4, 0.5) is 0 Å². The summed E-state index contributed by atoms with van der Waals surface area (Å²) >= 11 is 0. The fourth-order valence-electron chi connectivity index (χ4n) is 3.75. The van der Waals surface area contributed by atoms with Gasteiger partial charge in [-0.05, 0) is 32.4 Å². The predicted molar refractivity (Wildman–Crippen MR) is 90.8 cm³/mol. The van der Waals surface area contributed by atoms with Crippen molar-refractivity contribution in [3.05, 3.63) is 29.5 Å². The van der Waals surface area contributed by atoms with Crippen molar-refractivity contribution in [3.8, 4) is 0 Å². The van der Waals surface area contributed by atoms with E-state index >= 15 is 0 Å². The highest BCUT2D eigenvalue weighted by Crippen LogP contribution is 2.30. The fourth-order valence-corrected chi connectivity index (χ4v) is 3.75. The molecule has 2 aromatic rings. The van der Waals surface area contributed by atoms with Gasteiger partial charge in [0.1, 0.15) is 17.4 Å². The second-order valence-electron chi connectivity index (χ2n) is 8.15. The molecule has 0 aliphatic carbocycles. The molecule has 130 valence electrons. The molecular weight excluding hydrogens is 302 g/mol. The molecule has 2 aromatic heterocycles. The minimum absolute atomic E-state index is 0.0201. The molecule has 1 saturated heterocycles. The molecule has 4 rings (SSSR count). The number of likely N-dealkylation sites (tertiary alicyclic amines) is 1. The Morgan fingerprint density at radius 3 is 2.67 bits per heavy atom. The molecule has 4 heterocycles. The zero-order valence-electron chi connectivity index (χ0n) is 15.0. The van der Waals surface area contributed by atoms with Crippen LogP contribution >= 0.6 is 0 Å². The lowest BCUT2D eigenvalue weighted by atomic mass is 9.94. The summed E-state index contributed by atoms with van der Waals surface area (Å²) in [5, 5.41) is 8.82. The third-order valence-corrected chi connectivity index (χ3v) is 5.24. The molecule has 0 atom stereocenters. The maximum absolute atomic E-state index is 5.93. The van der Waals surface area contributed by atoms with E-state index in [2.05, 4.69) is 45.4 Å². The number of aromatic nitrogens is 4. The minimum atomic E-state index is 0.0201. The van der Waals surface area contributed by atoms with Gasteiger partial charge in [-0.3, -0.25) is 4.90 Å². The molecule has 0 saturated carbocycles. The van der Waals surface area contributed by atoms with Gasteiger partial charge in [-0.1, -0.05) is 20.8 Å². The standard InChI is InChI=1S/C18H27N5O/c1-18(2,3)14-11-19-16(24-14)12-22-9-6-13(7-10-22)17-21-20-15-5-4-8-23(15)17/h11,13H,4-10,12H2,1-3H3. The number of nitrogens with zero attached hydrogens (tertiary/aromatic N) is 5. The summed E-state index contributed by atoms with van der Waals surface area (Å²) in [5.41, 5.74) is 0.0201. The SMILES string of the molecule is CC(C)(C)c1cnc(CN2CCC(c3nnc4n3CCC4)CC2)o1. The summed E-state index contributed by atoms with van der Waals surface area (Å²) in [5.74, 6) is 4.75. The topological polar surface area (TPSA) is 60.0 Å². The Hall–Kier alpha value is -1.69. The number of aryl methyl sites for hydroxylation is 1. The van der Waals surface area contributed by atoms with Crippen LogP contribution in [-0.4, -0.2) is 37.7 Å². The molecule has 24 heavy (non-hydrogen) atoms. The molecule has 0 spiro atoms. The average Bonchev–Trinajstić information content (AvgIpc) is 3.23. The lowest BCUT2D eigenvalue weighted by Gasteiger charge is -2.30. The quantitative estimate of drug-likeness (QED) is 0.866. The normalized spacial score (nSPS) is 19.8. The molecule has 0 radical (unpaired) electrons. The largest absolute Gasteiger partial charge is 0.444 e. The summed E-state index contributed by atoms with van der Waals surface area (Å²) in [6.07, 6.45) is 6.47. The van der Waals surface area contributed by atoms with E-state index in [1.807, 2.05) is 6.20 Å². The van der Waals surface area contributed by atoms with E-state index in [9.17, 15) is 0 Å². The number of hydrogen-bond donors (Lipinski definition) is 0. The van der Waals surface area contributed by atoms with Gasteiger partial charge in [0, 0.05) is 24.3 Å². The number of hydrogen-bond acceptors (Lipinski definition) is 5. The third-order valence-electron chi connectivity index (χ3n) is 5.24. The molecule has 6 heteroatoms. The van der Waals surface area contributed by atoms with Crippen molar-refractivity contribution < 1.29 is 4.42 Å². The smallest absolute Gasteiger partial charge is 0.208 e. The van der Waals surface area contributed by atoms with Gasteiger partial charge in [0.05, 0.1) is 12.7 Å². The lowest BCUT2D eigenvalue weighted by molar-refractivity contribution is 0.181. The van der Waals surface area contributed by atoms with Gasteiger partial charge in [0.25, 0.3) is 0 Å². The van der Waals surface area contributed by atoms with Crippen LogP contribution in [0.3, 0.4) is 0 Å². The maximum atomic E-state index is 5.93. The first-order valence-electron chi connectivity index (χ1n) is 9.10. The molecule has 0 N–H and O–H groups in total. The van der Waals surface area contributed by atoms with Crippen molar-refractivity contribution >= 4 is 0 Å². The highest BCUT2D eigenvalue weighted by Gasteiger charge is 2.28. The highest BCUT2D eigenvalue weighted by molar-refractivity contribution is 5.08.